The molecule has 2 nitrogen and oxygen atoms in total. The smallest absolute Gasteiger partial charge is 0.0594 e. The highest BCUT2D eigenvalue weighted by atomic mass is 16.5. The molecule has 2 heteroatoms. The Morgan fingerprint density at radius 3 is 2.76 bits per heavy atom. The first kappa shape index (κ1) is 12.6. The summed E-state index contributed by atoms with van der Waals surface area (Å²) >= 11 is 0. The van der Waals surface area contributed by atoms with Gasteiger partial charge in [-0.2, -0.15) is 0 Å². The lowest BCUT2D eigenvalue weighted by atomic mass is 10.0. The zero-order valence-corrected chi connectivity index (χ0v) is 10.9. The molecular formula is C15H23NO. The second-order valence-corrected chi connectivity index (χ2v) is 5.07. The van der Waals surface area contributed by atoms with Crippen LogP contribution in [0.1, 0.15) is 43.7 Å². The number of hydrogen-bond donors (Lipinski definition) is 1. The van der Waals surface area contributed by atoms with Crippen LogP contribution in [0.2, 0.25) is 0 Å². The molecule has 1 N–H and O–H groups in total. The Labute approximate surface area is 104 Å². The average molecular weight is 233 g/mol. The summed E-state index contributed by atoms with van der Waals surface area (Å²) in [6.45, 7) is 6.83. The van der Waals surface area contributed by atoms with Crippen LogP contribution in [0, 0.1) is 0 Å². The van der Waals surface area contributed by atoms with E-state index in [-0.39, 0.29) is 0 Å². The van der Waals surface area contributed by atoms with Gasteiger partial charge in [-0.25, -0.2) is 0 Å². The Kier molecular flexibility index (Phi) is 4.57. The van der Waals surface area contributed by atoms with Gasteiger partial charge in [-0.05, 0) is 43.7 Å². The summed E-state index contributed by atoms with van der Waals surface area (Å²) in [5.74, 6) is 0.833. The Morgan fingerprint density at radius 1 is 1.29 bits per heavy atom. The third-order valence-electron chi connectivity index (χ3n) is 3.12. The molecule has 1 fully saturated rings. The third kappa shape index (κ3) is 4.14. The molecule has 1 aliphatic rings. The molecule has 0 aliphatic heterocycles. The maximum absolute atomic E-state index is 5.51. The van der Waals surface area contributed by atoms with Crippen molar-refractivity contribution in [3.8, 4) is 0 Å². The minimum absolute atomic E-state index is 0.329. The first-order valence-corrected chi connectivity index (χ1v) is 6.67. The number of hydrogen-bond acceptors (Lipinski definition) is 2. The lowest BCUT2D eigenvalue weighted by molar-refractivity contribution is 0.0807. The van der Waals surface area contributed by atoms with Crippen LogP contribution in [0.15, 0.2) is 24.3 Å². The van der Waals surface area contributed by atoms with Crippen LogP contribution in [0.25, 0.3) is 0 Å². The Morgan fingerprint density at radius 2 is 2.06 bits per heavy atom. The van der Waals surface area contributed by atoms with Crippen molar-refractivity contribution in [2.45, 2.75) is 45.3 Å². The minimum Gasteiger partial charge on any atom is -0.377 e. The van der Waals surface area contributed by atoms with Crippen molar-refractivity contribution < 1.29 is 4.74 Å². The summed E-state index contributed by atoms with van der Waals surface area (Å²) in [5.41, 5.74) is 3.00. The van der Waals surface area contributed by atoms with Gasteiger partial charge in [-0.3, -0.25) is 0 Å². The van der Waals surface area contributed by atoms with Gasteiger partial charge in [0.05, 0.1) is 12.7 Å². The predicted molar refractivity (Wildman–Crippen MR) is 71.2 cm³/mol. The van der Waals surface area contributed by atoms with Crippen LogP contribution in [-0.2, 0) is 11.3 Å². The molecule has 0 atom stereocenters. The van der Waals surface area contributed by atoms with E-state index in [2.05, 4.69) is 43.4 Å². The van der Waals surface area contributed by atoms with Crippen LogP contribution in [-0.4, -0.2) is 19.3 Å². The Hall–Kier alpha value is -0.860. The standard InChI is InChI=1S/C15H23NO/c1-12(2)17-10-9-16-11-14-5-3-4-6-15(14)13-7-8-13/h3-6,12-13,16H,7-11H2,1-2H3. The van der Waals surface area contributed by atoms with E-state index >= 15 is 0 Å². The summed E-state index contributed by atoms with van der Waals surface area (Å²) in [7, 11) is 0. The highest BCUT2D eigenvalue weighted by Crippen LogP contribution is 2.41. The van der Waals surface area contributed by atoms with Gasteiger partial charge in [0.1, 0.15) is 0 Å². The van der Waals surface area contributed by atoms with E-state index in [1.165, 1.54) is 18.4 Å². The highest BCUT2D eigenvalue weighted by molar-refractivity contribution is 5.33. The molecule has 1 saturated carbocycles. The average Bonchev–Trinajstić information content (AvgIpc) is 3.13. The molecule has 0 saturated heterocycles. The fourth-order valence-electron chi connectivity index (χ4n) is 2.08. The van der Waals surface area contributed by atoms with E-state index in [1.54, 1.807) is 5.56 Å². The lowest BCUT2D eigenvalue weighted by Crippen LogP contribution is -2.21. The lowest BCUT2D eigenvalue weighted by Gasteiger charge is -2.11. The van der Waals surface area contributed by atoms with E-state index < -0.39 is 0 Å². The Balaban J connectivity index is 1.75. The summed E-state index contributed by atoms with van der Waals surface area (Å²) in [5, 5.41) is 3.46. The van der Waals surface area contributed by atoms with Gasteiger partial charge in [0, 0.05) is 13.1 Å². The molecule has 0 bridgehead atoms. The van der Waals surface area contributed by atoms with E-state index in [9.17, 15) is 0 Å². The van der Waals surface area contributed by atoms with Crippen molar-refractivity contribution in [1.82, 2.24) is 5.32 Å². The molecule has 0 aromatic heterocycles. The fraction of sp³-hybridized carbons (Fsp3) is 0.600. The van der Waals surface area contributed by atoms with E-state index in [0.29, 0.717) is 6.10 Å². The molecule has 94 valence electrons. The van der Waals surface area contributed by atoms with Crippen molar-refractivity contribution in [2.75, 3.05) is 13.2 Å². The topological polar surface area (TPSA) is 21.3 Å². The fourth-order valence-corrected chi connectivity index (χ4v) is 2.08. The van der Waals surface area contributed by atoms with Gasteiger partial charge in [0.2, 0.25) is 0 Å². The first-order chi connectivity index (χ1) is 8.27. The molecule has 0 heterocycles. The van der Waals surface area contributed by atoms with Gasteiger partial charge in [-0.15, -0.1) is 0 Å². The third-order valence-corrected chi connectivity index (χ3v) is 3.12. The van der Waals surface area contributed by atoms with E-state index in [0.717, 1.165) is 25.6 Å². The second-order valence-electron chi connectivity index (χ2n) is 5.07. The normalized spacial score (nSPS) is 15.5. The van der Waals surface area contributed by atoms with Crippen LogP contribution in [0.4, 0.5) is 0 Å². The summed E-state index contributed by atoms with van der Waals surface area (Å²) < 4.78 is 5.51. The number of ether oxygens (including phenoxy) is 1. The summed E-state index contributed by atoms with van der Waals surface area (Å²) in [4.78, 5) is 0. The maximum Gasteiger partial charge on any atom is 0.0594 e. The van der Waals surface area contributed by atoms with Crippen molar-refractivity contribution in [3.63, 3.8) is 0 Å². The van der Waals surface area contributed by atoms with Gasteiger partial charge >= 0.3 is 0 Å². The molecule has 1 aromatic rings. The number of nitrogens with one attached hydrogen (secondary N) is 1. The SMILES string of the molecule is CC(C)OCCNCc1ccccc1C1CC1. The van der Waals surface area contributed by atoms with Crippen molar-refractivity contribution in [1.29, 1.82) is 0 Å². The zero-order valence-electron chi connectivity index (χ0n) is 10.9. The largest absolute Gasteiger partial charge is 0.377 e. The van der Waals surface area contributed by atoms with Gasteiger partial charge in [0.15, 0.2) is 0 Å². The van der Waals surface area contributed by atoms with Crippen molar-refractivity contribution in [3.05, 3.63) is 35.4 Å². The first-order valence-electron chi connectivity index (χ1n) is 6.67. The van der Waals surface area contributed by atoms with Crippen molar-refractivity contribution >= 4 is 0 Å². The predicted octanol–water partition coefficient (Wildman–Crippen LogP) is 3.08. The number of benzene rings is 1. The molecule has 0 spiro atoms. The molecule has 1 aliphatic carbocycles. The van der Waals surface area contributed by atoms with E-state index in [1.807, 2.05) is 0 Å². The molecule has 1 aromatic carbocycles. The van der Waals surface area contributed by atoms with Crippen LogP contribution < -0.4 is 5.32 Å². The minimum atomic E-state index is 0.329. The number of rotatable bonds is 7. The van der Waals surface area contributed by atoms with Gasteiger partial charge in [0.25, 0.3) is 0 Å². The molecule has 0 radical (unpaired) electrons. The zero-order chi connectivity index (χ0) is 12.1. The second kappa shape index (κ2) is 6.18. The van der Waals surface area contributed by atoms with E-state index in [4.69, 9.17) is 4.74 Å². The van der Waals surface area contributed by atoms with Crippen molar-refractivity contribution in [2.24, 2.45) is 0 Å². The monoisotopic (exact) mass is 233 g/mol. The Bertz CT molecular complexity index is 345. The van der Waals surface area contributed by atoms with Crippen LogP contribution in [0.3, 0.4) is 0 Å². The highest BCUT2D eigenvalue weighted by Gasteiger charge is 2.25. The van der Waals surface area contributed by atoms with Gasteiger partial charge < -0.3 is 10.1 Å². The van der Waals surface area contributed by atoms with Crippen LogP contribution >= 0.6 is 0 Å². The summed E-state index contributed by atoms with van der Waals surface area (Å²) in [6, 6.07) is 8.80. The quantitative estimate of drug-likeness (QED) is 0.731. The van der Waals surface area contributed by atoms with Gasteiger partial charge in [-0.1, -0.05) is 24.3 Å². The molecule has 0 amide bonds. The maximum atomic E-state index is 5.51. The molecule has 0 unspecified atom stereocenters. The molecule has 2 rings (SSSR count). The van der Waals surface area contributed by atoms with Crippen LogP contribution in [0.5, 0.6) is 0 Å². The molecular weight excluding hydrogens is 210 g/mol. The molecule has 17 heavy (non-hydrogen) atoms. The summed E-state index contributed by atoms with van der Waals surface area (Å²) in [6.07, 6.45) is 3.07.